The topological polar surface area (TPSA) is 18.5 Å². The zero-order valence-corrected chi connectivity index (χ0v) is 11.3. The quantitative estimate of drug-likeness (QED) is 0.505. The largest absolute Gasteiger partial charge is 0.378 e. The van der Waals surface area contributed by atoms with Crippen LogP contribution in [0.15, 0.2) is 0 Å². The van der Waals surface area contributed by atoms with Gasteiger partial charge in [0.05, 0.1) is 18.3 Å². The van der Waals surface area contributed by atoms with Crippen LogP contribution in [0.1, 0.15) is 52.4 Å². The van der Waals surface area contributed by atoms with Gasteiger partial charge < -0.3 is 9.47 Å². The Labute approximate surface area is 105 Å². The number of hydrogen-bond donors (Lipinski definition) is 0. The monoisotopic (exact) mass is 248 g/mol. The Morgan fingerprint density at radius 2 is 1.69 bits per heavy atom. The summed E-state index contributed by atoms with van der Waals surface area (Å²) in [5, 5.41) is 0. The van der Waals surface area contributed by atoms with Crippen molar-refractivity contribution in [2.45, 2.75) is 70.7 Å². The molecule has 1 rings (SSSR count). The number of hydrogen-bond acceptors (Lipinski definition) is 2. The van der Waals surface area contributed by atoms with Gasteiger partial charge in [0.25, 0.3) is 0 Å². The molecular weight excluding hydrogens is 224 g/mol. The van der Waals surface area contributed by atoms with Crippen LogP contribution in [0.25, 0.3) is 0 Å². The van der Waals surface area contributed by atoms with Crippen molar-refractivity contribution in [3.63, 3.8) is 0 Å². The Morgan fingerprint density at radius 3 is 2.31 bits per heavy atom. The van der Waals surface area contributed by atoms with E-state index in [1.807, 2.05) is 0 Å². The van der Waals surface area contributed by atoms with E-state index < -0.39 is 0 Å². The third-order valence-corrected chi connectivity index (χ3v) is 3.30. The minimum absolute atomic E-state index is 0.352. The first-order valence-electron chi connectivity index (χ1n) is 6.55. The zero-order valence-electron chi connectivity index (χ0n) is 10.6. The van der Waals surface area contributed by atoms with E-state index in [1.165, 1.54) is 12.8 Å². The first-order chi connectivity index (χ1) is 7.72. The Morgan fingerprint density at radius 1 is 1.06 bits per heavy atom. The number of unbranched alkanes of at least 4 members (excludes halogenated alkanes) is 3. The second-order valence-electron chi connectivity index (χ2n) is 4.82. The van der Waals surface area contributed by atoms with Gasteiger partial charge in [0, 0.05) is 12.5 Å². The maximum Gasteiger partial charge on any atom is 0.0624 e. The molecule has 0 aromatic heterocycles. The Hall–Kier alpha value is 0.210. The van der Waals surface area contributed by atoms with E-state index in [1.54, 1.807) is 0 Å². The molecule has 1 aliphatic heterocycles. The van der Waals surface area contributed by atoms with Crippen LogP contribution in [0.5, 0.6) is 0 Å². The van der Waals surface area contributed by atoms with Crippen molar-refractivity contribution >= 4 is 11.6 Å². The summed E-state index contributed by atoms with van der Waals surface area (Å²) < 4.78 is 11.6. The molecule has 1 saturated heterocycles. The standard InChI is InChI=1S/C13H25ClO2/c1-11-9-13(10-12(2)16-11)15-8-6-4-3-5-7-14/h11-13H,3-10H2,1-2H3. The summed E-state index contributed by atoms with van der Waals surface area (Å²) in [5.74, 6) is 0.788. The van der Waals surface area contributed by atoms with Gasteiger partial charge in [-0.3, -0.25) is 0 Å². The molecule has 0 radical (unpaired) electrons. The molecule has 0 aromatic carbocycles. The molecule has 2 unspecified atom stereocenters. The molecule has 0 amide bonds. The average molecular weight is 249 g/mol. The normalized spacial score (nSPS) is 30.6. The van der Waals surface area contributed by atoms with Crippen LogP contribution in [0, 0.1) is 0 Å². The van der Waals surface area contributed by atoms with Crippen molar-refractivity contribution in [1.29, 1.82) is 0 Å². The van der Waals surface area contributed by atoms with Crippen molar-refractivity contribution < 1.29 is 9.47 Å². The summed E-state index contributed by atoms with van der Waals surface area (Å²) in [5.41, 5.74) is 0. The smallest absolute Gasteiger partial charge is 0.0624 e. The maximum atomic E-state index is 5.89. The minimum Gasteiger partial charge on any atom is -0.378 e. The van der Waals surface area contributed by atoms with Gasteiger partial charge in [0.15, 0.2) is 0 Å². The van der Waals surface area contributed by atoms with E-state index in [2.05, 4.69) is 13.8 Å². The summed E-state index contributed by atoms with van der Waals surface area (Å²) in [4.78, 5) is 0. The van der Waals surface area contributed by atoms with E-state index in [0.29, 0.717) is 18.3 Å². The van der Waals surface area contributed by atoms with Crippen LogP contribution in [0.2, 0.25) is 0 Å². The molecule has 2 atom stereocenters. The lowest BCUT2D eigenvalue weighted by Gasteiger charge is -2.32. The summed E-state index contributed by atoms with van der Waals surface area (Å²) in [7, 11) is 0. The van der Waals surface area contributed by atoms with Crippen LogP contribution in [-0.4, -0.2) is 30.8 Å². The maximum absolute atomic E-state index is 5.89. The highest BCUT2D eigenvalue weighted by molar-refractivity contribution is 6.17. The molecule has 1 fully saturated rings. The lowest BCUT2D eigenvalue weighted by atomic mass is 10.0. The van der Waals surface area contributed by atoms with Gasteiger partial charge in [0.1, 0.15) is 0 Å². The van der Waals surface area contributed by atoms with Gasteiger partial charge in [-0.15, -0.1) is 11.6 Å². The third kappa shape index (κ3) is 6.07. The van der Waals surface area contributed by atoms with Crippen molar-refractivity contribution in [2.24, 2.45) is 0 Å². The van der Waals surface area contributed by atoms with Crippen LogP contribution in [0.3, 0.4) is 0 Å². The van der Waals surface area contributed by atoms with E-state index in [-0.39, 0.29) is 0 Å². The van der Waals surface area contributed by atoms with E-state index in [9.17, 15) is 0 Å². The summed E-state index contributed by atoms with van der Waals surface area (Å²) >= 11 is 5.62. The summed E-state index contributed by atoms with van der Waals surface area (Å²) in [6.45, 7) is 5.16. The molecule has 0 bridgehead atoms. The van der Waals surface area contributed by atoms with Crippen molar-refractivity contribution in [3.05, 3.63) is 0 Å². The molecule has 0 saturated carbocycles. The van der Waals surface area contributed by atoms with Gasteiger partial charge in [-0.2, -0.15) is 0 Å². The van der Waals surface area contributed by atoms with Gasteiger partial charge in [-0.1, -0.05) is 12.8 Å². The molecular formula is C13H25ClO2. The molecule has 16 heavy (non-hydrogen) atoms. The molecule has 96 valence electrons. The molecule has 0 aliphatic carbocycles. The van der Waals surface area contributed by atoms with Gasteiger partial charge in [-0.25, -0.2) is 0 Å². The molecule has 0 spiro atoms. The lowest BCUT2D eigenvalue weighted by molar-refractivity contribution is -0.102. The predicted octanol–water partition coefficient (Wildman–Crippen LogP) is 3.76. The Bertz CT molecular complexity index is 165. The van der Waals surface area contributed by atoms with Crippen molar-refractivity contribution in [2.75, 3.05) is 12.5 Å². The first-order valence-corrected chi connectivity index (χ1v) is 7.09. The van der Waals surface area contributed by atoms with E-state index in [0.717, 1.165) is 38.2 Å². The molecule has 0 N–H and O–H groups in total. The van der Waals surface area contributed by atoms with Gasteiger partial charge in [0.2, 0.25) is 0 Å². The second-order valence-corrected chi connectivity index (χ2v) is 5.20. The Balaban J connectivity index is 1.99. The summed E-state index contributed by atoms with van der Waals surface area (Å²) in [6.07, 6.45) is 7.97. The van der Waals surface area contributed by atoms with E-state index >= 15 is 0 Å². The van der Waals surface area contributed by atoms with Crippen molar-refractivity contribution in [3.8, 4) is 0 Å². The van der Waals surface area contributed by atoms with Crippen molar-refractivity contribution in [1.82, 2.24) is 0 Å². The number of halogens is 1. The zero-order chi connectivity index (χ0) is 11.8. The number of alkyl halides is 1. The molecule has 1 heterocycles. The fourth-order valence-electron chi connectivity index (χ4n) is 2.28. The lowest BCUT2D eigenvalue weighted by Crippen LogP contribution is -2.34. The highest BCUT2D eigenvalue weighted by Crippen LogP contribution is 2.21. The number of ether oxygens (including phenoxy) is 2. The average Bonchev–Trinajstić information content (AvgIpc) is 2.22. The molecule has 1 aliphatic rings. The molecule has 2 nitrogen and oxygen atoms in total. The van der Waals surface area contributed by atoms with Gasteiger partial charge in [-0.05, 0) is 39.5 Å². The third-order valence-electron chi connectivity index (χ3n) is 3.04. The minimum atomic E-state index is 0.352. The van der Waals surface area contributed by atoms with E-state index in [4.69, 9.17) is 21.1 Å². The summed E-state index contributed by atoms with van der Waals surface area (Å²) in [6, 6.07) is 0. The second kappa shape index (κ2) is 8.32. The van der Waals surface area contributed by atoms with Crippen LogP contribution in [0.4, 0.5) is 0 Å². The van der Waals surface area contributed by atoms with Crippen LogP contribution >= 0.6 is 11.6 Å². The fraction of sp³-hybridized carbons (Fsp3) is 1.00. The highest BCUT2D eigenvalue weighted by atomic mass is 35.5. The fourth-order valence-corrected chi connectivity index (χ4v) is 2.47. The first kappa shape index (κ1) is 14.3. The highest BCUT2D eigenvalue weighted by Gasteiger charge is 2.24. The van der Waals surface area contributed by atoms with Crippen LogP contribution < -0.4 is 0 Å². The molecule has 3 heteroatoms. The van der Waals surface area contributed by atoms with Gasteiger partial charge >= 0.3 is 0 Å². The Kier molecular flexibility index (Phi) is 7.42. The SMILES string of the molecule is CC1CC(OCCCCCCCl)CC(C)O1. The van der Waals surface area contributed by atoms with Crippen LogP contribution in [-0.2, 0) is 9.47 Å². The molecule has 0 aromatic rings. The predicted molar refractivity (Wildman–Crippen MR) is 68.2 cm³/mol. The number of rotatable bonds is 7.